The van der Waals surface area contributed by atoms with Crippen molar-refractivity contribution in [3.63, 3.8) is 0 Å². The molecule has 0 unspecified atom stereocenters. The van der Waals surface area contributed by atoms with Crippen LogP contribution in [0.3, 0.4) is 0 Å². The zero-order valence-electron chi connectivity index (χ0n) is 14.1. The number of pyridine rings is 1. The summed E-state index contributed by atoms with van der Waals surface area (Å²) in [5.41, 5.74) is 1.91. The molecule has 0 fully saturated rings. The molecule has 0 radical (unpaired) electrons. The summed E-state index contributed by atoms with van der Waals surface area (Å²) in [6.45, 7) is 3.39. The summed E-state index contributed by atoms with van der Waals surface area (Å²) in [6, 6.07) is 20.0. The van der Waals surface area contributed by atoms with Crippen LogP contribution in [0.25, 0.3) is 10.9 Å². The molecule has 0 saturated carbocycles. The van der Waals surface area contributed by atoms with Gasteiger partial charge in [-0.3, -0.25) is 0 Å². The second kappa shape index (κ2) is 8.34. The van der Waals surface area contributed by atoms with Crippen LogP contribution in [0.15, 0.2) is 60.7 Å². The summed E-state index contributed by atoms with van der Waals surface area (Å²) < 4.78 is 11.6. The van der Waals surface area contributed by atoms with Gasteiger partial charge in [0, 0.05) is 11.5 Å². The maximum atomic E-state index is 5.87. The van der Waals surface area contributed by atoms with Crippen LogP contribution < -0.4 is 9.47 Å². The van der Waals surface area contributed by atoms with Crippen molar-refractivity contribution in [3.05, 3.63) is 66.4 Å². The number of rotatable bonds is 8. The van der Waals surface area contributed by atoms with E-state index in [2.05, 4.69) is 24.0 Å². The third-order valence-electron chi connectivity index (χ3n) is 3.86. The molecule has 3 aromatic rings. The maximum absolute atomic E-state index is 5.87. The van der Waals surface area contributed by atoms with Crippen LogP contribution in [-0.4, -0.2) is 11.6 Å². The van der Waals surface area contributed by atoms with Gasteiger partial charge in [0.2, 0.25) is 0 Å². The third kappa shape index (κ3) is 4.48. The molecular weight excluding hydrogens is 298 g/mol. The Bertz CT molecular complexity index is 785. The molecular formula is C21H23NO2. The van der Waals surface area contributed by atoms with E-state index in [0.29, 0.717) is 6.61 Å². The number of benzene rings is 2. The number of hydrogen-bond donors (Lipinski definition) is 0. The molecule has 0 aliphatic rings. The number of para-hydroxylation sites is 1. The molecule has 0 N–H and O–H groups in total. The highest BCUT2D eigenvalue weighted by molar-refractivity contribution is 5.78. The summed E-state index contributed by atoms with van der Waals surface area (Å²) in [5, 5.41) is 1.14. The van der Waals surface area contributed by atoms with Crippen molar-refractivity contribution in [1.82, 2.24) is 4.98 Å². The molecule has 124 valence electrons. The quantitative estimate of drug-likeness (QED) is 0.522. The monoisotopic (exact) mass is 321 g/mol. The first-order valence-electron chi connectivity index (χ1n) is 8.55. The largest absolute Gasteiger partial charge is 0.493 e. The first-order valence-corrected chi connectivity index (χ1v) is 8.55. The zero-order chi connectivity index (χ0) is 16.6. The summed E-state index contributed by atoms with van der Waals surface area (Å²) in [7, 11) is 0. The number of nitrogens with zero attached hydrogens (tertiary/aromatic N) is 1. The third-order valence-corrected chi connectivity index (χ3v) is 3.86. The highest BCUT2D eigenvalue weighted by Crippen LogP contribution is 2.21. The second-order valence-corrected chi connectivity index (χ2v) is 5.81. The Morgan fingerprint density at radius 2 is 1.67 bits per heavy atom. The molecule has 0 spiro atoms. The van der Waals surface area contributed by atoms with Crippen LogP contribution in [0.4, 0.5) is 0 Å². The lowest BCUT2D eigenvalue weighted by atomic mass is 10.2. The average Bonchev–Trinajstić information content (AvgIpc) is 2.64. The number of ether oxygens (including phenoxy) is 2. The van der Waals surface area contributed by atoms with E-state index in [1.807, 2.05) is 48.5 Å². The van der Waals surface area contributed by atoms with Crippen LogP contribution in [-0.2, 0) is 6.61 Å². The minimum atomic E-state index is 0.449. The first-order chi connectivity index (χ1) is 11.8. The smallest absolute Gasteiger partial charge is 0.130 e. The molecule has 1 heterocycles. The van der Waals surface area contributed by atoms with Gasteiger partial charge in [0.25, 0.3) is 0 Å². The van der Waals surface area contributed by atoms with Crippen molar-refractivity contribution >= 4 is 10.9 Å². The molecule has 0 atom stereocenters. The SMILES string of the molecule is CCCCCOc1cccc(OCc2ccc3ccccc3n2)c1. The van der Waals surface area contributed by atoms with Gasteiger partial charge >= 0.3 is 0 Å². The molecule has 1 aromatic heterocycles. The van der Waals surface area contributed by atoms with Crippen molar-refractivity contribution < 1.29 is 9.47 Å². The Kier molecular flexibility index (Phi) is 5.67. The van der Waals surface area contributed by atoms with Gasteiger partial charge in [-0.1, -0.05) is 50.1 Å². The van der Waals surface area contributed by atoms with Gasteiger partial charge in [0.05, 0.1) is 17.8 Å². The van der Waals surface area contributed by atoms with E-state index in [4.69, 9.17) is 9.47 Å². The summed E-state index contributed by atoms with van der Waals surface area (Å²) in [4.78, 5) is 4.63. The predicted molar refractivity (Wildman–Crippen MR) is 97.5 cm³/mol. The van der Waals surface area contributed by atoms with E-state index in [1.165, 1.54) is 12.8 Å². The normalized spacial score (nSPS) is 10.7. The Labute approximate surface area is 143 Å². The summed E-state index contributed by atoms with van der Waals surface area (Å²) >= 11 is 0. The van der Waals surface area contributed by atoms with Crippen LogP contribution >= 0.6 is 0 Å². The van der Waals surface area contributed by atoms with Crippen LogP contribution in [0, 0.1) is 0 Å². The lowest BCUT2D eigenvalue weighted by molar-refractivity contribution is 0.288. The number of aromatic nitrogens is 1. The molecule has 0 bridgehead atoms. The minimum absolute atomic E-state index is 0.449. The van der Waals surface area contributed by atoms with Crippen LogP contribution in [0.5, 0.6) is 11.5 Å². The molecule has 3 rings (SSSR count). The number of hydrogen-bond acceptors (Lipinski definition) is 3. The second-order valence-electron chi connectivity index (χ2n) is 5.81. The molecule has 3 heteroatoms. The lowest BCUT2D eigenvalue weighted by Crippen LogP contribution is -2.00. The van der Waals surface area contributed by atoms with Crippen LogP contribution in [0.2, 0.25) is 0 Å². The topological polar surface area (TPSA) is 31.4 Å². The Morgan fingerprint density at radius 3 is 2.54 bits per heavy atom. The Hall–Kier alpha value is -2.55. The highest BCUT2D eigenvalue weighted by atomic mass is 16.5. The average molecular weight is 321 g/mol. The van der Waals surface area contributed by atoms with E-state index in [9.17, 15) is 0 Å². The van der Waals surface area contributed by atoms with Crippen molar-refractivity contribution in [3.8, 4) is 11.5 Å². The van der Waals surface area contributed by atoms with Gasteiger partial charge in [-0.05, 0) is 30.7 Å². The lowest BCUT2D eigenvalue weighted by Gasteiger charge is -2.09. The van der Waals surface area contributed by atoms with Crippen molar-refractivity contribution in [2.75, 3.05) is 6.61 Å². The van der Waals surface area contributed by atoms with E-state index < -0.39 is 0 Å². The van der Waals surface area contributed by atoms with Gasteiger partial charge < -0.3 is 9.47 Å². The van der Waals surface area contributed by atoms with Gasteiger partial charge in [0.15, 0.2) is 0 Å². The Balaban J connectivity index is 1.59. The summed E-state index contributed by atoms with van der Waals surface area (Å²) in [6.07, 6.45) is 3.48. The van der Waals surface area contributed by atoms with E-state index >= 15 is 0 Å². The molecule has 0 saturated heterocycles. The molecule has 0 aliphatic carbocycles. The van der Waals surface area contributed by atoms with Crippen molar-refractivity contribution in [1.29, 1.82) is 0 Å². The Morgan fingerprint density at radius 1 is 0.833 bits per heavy atom. The number of unbranched alkanes of at least 4 members (excludes halogenated alkanes) is 2. The maximum Gasteiger partial charge on any atom is 0.130 e. The predicted octanol–water partition coefficient (Wildman–Crippen LogP) is 5.38. The van der Waals surface area contributed by atoms with Gasteiger partial charge in [0.1, 0.15) is 18.1 Å². The molecule has 3 nitrogen and oxygen atoms in total. The van der Waals surface area contributed by atoms with E-state index in [-0.39, 0.29) is 0 Å². The van der Waals surface area contributed by atoms with Crippen molar-refractivity contribution in [2.45, 2.75) is 32.8 Å². The zero-order valence-corrected chi connectivity index (χ0v) is 14.1. The van der Waals surface area contributed by atoms with E-state index in [1.54, 1.807) is 0 Å². The molecule has 0 aliphatic heterocycles. The van der Waals surface area contributed by atoms with Gasteiger partial charge in [-0.15, -0.1) is 0 Å². The van der Waals surface area contributed by atoms with Gasteiger partial charge in [-0.25, -0.2) is 4.98 Å². The molecule has 2 aromatic carbocycles. The molecule has 24 heavy (non-hydrogen) atoms. The first kappa shape index (κ1) is 16.3. The fraction of sp³-hybridized carbons (Fsp3) is 0.286. The number of fused-ring (bicyclic) bond motifs is 1. The fourth-order valence-electron chi connectivity index (χ4n) is 2.54. The minimum Gasteiger partial charge on any atom is -0.493 e. The molecule has 0 amide bonds. The van der Waals surface area contributed by atoms with E-state index in [0.717, 1.165) is 41.1 Å². The highest BCUT2D eigenvalue weighted by Gasteiger charge is 2.02. The van der Waals surface area contributed by atoms with Gasteiger partial charge in [-0.2, -0.15) is 0 Å². The van der Waals surface area contributed by atoms with Crippen LogP contribution in [0.1, 0.15) is 31.9 Å². The standard InChI is InChI=1S/C21H23NO2/c1-2-3-6-14-23-19-9-7-10-20(15-19)24-16-18-13-12-17-8-4-5-11-21(17)22-18/h4-5,7-13,15H,2-3,6,14,16H2,1H3. The fourth-order valence-corrected chi connectivity index (χ4v) is 2.54. The summed E-state index contributed by atoms with van der Waals surface area (Å²) in [5.74, 6) is 1.66. The van der Waals surface area contributed by atoms with Crippen molar-refractivity contribution in [2.24, 2.45) is 0 Å².